The van der Waals surface area contributed by atoms with Gasteiger partial charge in [0.1, 0.15) is 5.76 Å². The minimum Gasteiger partial charge on any atom is -0.469 e. The molecule has 18 heavy (non-hydrogen) atoms. The monoisotopic (exact) mass is 283 g/mol. The molecule has 0 saturated carbocycles. The first-order valence-electron chi connectivity index (χ1n) is 5.77. The fraction of sp³-hybridized carbons (Fsp3) is 0.286. The van der Waals surface area contributed by atoms with Crippen LogP contribution in [0.1, 0.15) is 22.9 Å². The third kappa shape index (κ3) is 2.89. The van der Waals surface area contributed by atoms with Crippen molar-refractivity contribution in [2.24, 2.45) is 0 Å². The van der Waals surface area contributed by atoms with Crippen LogP contribution in [0.15, 0.2) is 34.9 Å². The van der Waals surface area contributed by atoms with Gasteiger partial charge in [-0.15, -0.1) is 0 Å². The molecule has 1 heterocycles. The van der Waals surface area contributed by atoms with Crippen LogP contribution in [0.4, 0.5) is 0 Å². The normalized spacial score (nSPS) is 12.7. The van der Waals surface area contributed by atoms with Crippen LogP contribution in [0.5, 0.6) is 0 Å². The molecule has 0 aliphatic rings. The second kappa shape index (κ2) is 5.79. The van der Waals surface area contributed by atoms with Gasteiger partial charge in [0.25, 0.3) is 0 Å². The first-order chi connectivity index (χ1) is 8.61. The fourth-order valence-corrected chi connectivity index (χ4v) is 2.52. The van der Waals surface area contributed by atoms with E-state index in [9.17, 15) is 0 Å². The van der Waals surface area contributed by atoms with E-state index in [0.717, 1.165) is 23.3 Å². The number of furan rings is 1. The summed E-state index contributed by atoms with van der Waals surface area (Å²) in [7, 11) is 1.93. The summed E-state index contributed by atoms with van der Waals surface area (Å²) in [5.41, 5.74) is 2.23. The summed E-state index contributed by atoms with van der Waals surface area (Å²) in [6.07, 6.45) is 2.51. The highest BCUT2D eigenvalue weighted by Gasteiger charge is 2.16. The first-order valence-corrected chi connectivity index (χ1v) is 6.52. The minimum atomic E-state index is 0.183. The van der Waals surface area contributed by atoms with Crippen molar-refractivity contribution in [2.75, 3.05) is 7.05 Å². The van der Waals surface area contributed by atoms with Gasteiger partial charge in [-0.1, -0.05) is 29.3 Å². The lowest BCUT2D eigenvalue weighted by molar-refractivity contribution is 0.512. The van der Waals surface area contributed by atoms with E-state index in [2.05, 4.69) is 5.32 Å². The Labute approximate surface area is 117 Å². The highest BCUT2D eigenvalue weighted by atomic mass is 35.5. The quantitative estimate of drug-likeness (QED) is 0.900. The molecule has 96 valence electrons. The molecule has 2 rings (SSSR count). The van der Waals surface area contributed by atoms with Crippen molar-refractivity contribution in [3.63, 3.8) is 0 Å². The van der Waals surface area contributed by atoms with Crippen molar-refractivity contribution in [3.8, 4) is 0 Å². The molecule has 0 spiro atoms. The van der Waals surface area contributed by atoms with E-state index >= 15 is 0 Å². The topological polar surface area (TPSA) is 25.2 Å². The Morgan fingerprint density at radius 3 is 2.61 bits per heavy atom. The van der Waals surface area contributed by atoms with Gasteiger partial charge in [-0.25, -0.2) is 0 Å². The third-order valence-corrected chi connectivity index (χ3v) is 3.65. The summed E-state index contributed by atoms with van der Waals surface area (Å²) in [6, 6.07) is 7.76. The molecule has 1 aromatic carbocycles. The maximum atomic E-state index is 6.20. The molecule has 4 heteroatoms. The largest absolute Gasteiger partial charge is 0.469 e. The van der Waals surface area contributed by atoms with Crippen LogP contribution < -0.4 is 5.32 Å². The molecular weight excluding hydrogens is 269 g/mol. The fourth-order valence-electron chi connectivity index (χ4n) is 2.03. The van der Waals surface area contributed by atoms with E-state index < -0.39 is 0 Å². The molecule has 0 saturated heterocycles. The third-order valence-electron chi connectivity index (χ3n) is 3.06. The molecule has 1 unspecified atom stereocenters. The maximum Gasteiger partial charge on any atom is 0.105 e. The van der Waals surface area contributed by atoms with E-state index in [4.69, 9.17) is 27.6 Å². The zero-order valence-corrected chi connectivity index (χ0v) is 11.8. The smallest absolute Gasteiger partial charge is 0.105 e. The van der Waals surface area contributed by atoms with Gasteiger partial charge in [0.15, 0.2) is 0 Å². The highest BCUT2D eigenvalue weighted by Crippen LogP contribution is 2.27. The molecule has 0 radical (unpaired) electrons. The van der Waals surface area contributed by atoms with Gasteiger partial charge in [0.2, 0.25) is 0 Å². The molecule has 2 nitrogen and oxygen atoms in total. The molecule has 0 bridgehead atoms. The van der Waals surface area contributed by atoms with Crippen molar-refractivity contribution < 1.29 is 4.42 Å². The van der Waals surface area contributed by atoms with Gasteiger partial charge in [0, 0.05) is 21.7 Å². The number of halogens is 2. The second-order valence-corrected chi connectivity index (χ2v) is 5.06. The second-order valence-electron chi connectivity index (χ2n) is 4.21. The average Bonchev–Trinajstić information content (AvgIpc) is 2.75. The first kappa shape index (κ1) is 13.5. The number of hydrogen-bond acceptors (Lipinski definition) is 2. The van der Waals surface area contributed by atoms with Gasteiger partial charge < -0.3 is 9.73 Å². The Kier molecular flexibility index (Phi) is 4.33. The number of rotatable bonds is 4. The Morgan fingerprint density at radius 2 is 2.06 bits per heavy atom. The van der Waals surface area contributed by atoms with Crippen LogP contribution >= 0.6 is 23.2 Å². The lowest BCUT2D eigenvalue weighted by atomic mass is 9.99. The summed E-state index contributed by atoms with van der Waals surface area (Å²) in [5.74, 6) is 0.930. The molecule has 1 aromatic heterocycles. The van der Waals surface area contributed by atoms with E-state index in [1.54, 1.807) is 12.3 Å². The van der Waals surface area contributed by atoms with E-state index in [-0.39, 0.29) is 6.04 Å². The van der Waals surface area contributed by atoms with Crippen LogP contribution in [0.25, 0.3) is 0 Å². The van der Waals surface area contributed by atoms with Crippen LogP contribution in [0.2, 0.25) is 10.0 Å². The predicted octanol–water partition coefficient (Wildman–Crippen LogP) is 4.40. The Hall–Kier alpha value is -0.960. The predicted molar refractivity (Wildman–Crippen MR) is 75.4 cm³/mol. The van der Waals surface area contributed by atoms with E-state index in [0.29, 0.717) is 10.0 Å². The van der Waals surface area contributed by atoms with Gasteiger partial charge >= 0.3 is 0 Å². The molecule has 1 N–H and O–H groups in total. The molecule has 0 aliphatic carbocycles. The van der Waals surface area contributed by atoms with Crippen LogP contribution in [0, 0.1) is 6.92 Å². The summed E-state index contributed by atoms with van der Waals surface area (Å²) >= 11 is 12.1. The lowest BCUT2D eigenvalue weighted by Gasteiger charge is -2.16. The highest BCUT2D eigenvalue weighted by molar-refractivity contribution is 6.35. The van der Waals surface area contributed by atoms with Crippen molar-refractivity contribution in [1.82, 2.24) is 5.32 Å². The lowest BCUT2D eigenvalue weighted by Crippen LogP contribution is -2.19. The van der Waals surface area contributed by atoms with Crippen molar-refractivity contribution >= 4 is 23.2 Å². The van der Waals surface area contributed by atoms with E-state index in [1.807, 2.05) is 32.2 Å². The molecule has 1 atom stereocenters. The zero-order valence-electron chi connectivity index (χ0n) is 10.3. The molecular formula is C14H15Cl2NO. The number of aryl methyl sites for hydroxylation is 1. The van der Waals surface area contributed by atoms with Gasteiger partial charge in [-0.2, -0.15) is 0 Å². The number of benzene rings is 1. The van der Waals surface area contributed by atoms with Gasteiger partial charge in [0.05, 0.1) is 6.26 Å². The molecule has 0 amide bonds. The van der Waals surface area contributed by atoms with Crippen molar-refractivity contribution in [2.45, 2.75) is 19.4 Å². The van der Waals surface area contributed by atoms with Crippen LogP contribution in [-0.2, 0) is 6.42 Å². The standard InChI is InChI=1S/C14H15Cl2NO/c1-9-12(5-6-18-9)14(17-2)7-10-3-4-11(15)8-13(10)16/h3-6,8,14,17H,7H2,1-2H3. The number of likely N-dealkylation sites (N-methyl/N-ethyl adjacent to an activating group) is 1. The number of hydrogen-bond donors (Lipinski definition) is 1. The van der Waals surface area contributed by atoms with Crippen molar-refractivity contribution in [1.29, 1.82) is 0 Å². The molecule has 0 fully saturated rings. The van der Waals surface area contributed by atoms with Crippen LogP contribution in [0.3, 0.4) is 0 Å². The Morgan fingerprint density at radius 1 is 1.28 bits per heavy atom. The number of nitrogens with one attached hydrogen (secondary N) is 1. The molecule has 0 aliphatic heterocycles. The Bertz CT molecular complexity index is 536. The Balaban J connectivity index is 2.23. The zero-order chi connectivity index (χ0) is 13.1. The van der Waals surface area contributed by atoms with E-state index in [1.165, 1.54) is 0 Å². The van der Waals surface area contributed by atoms with Crippen LogP contribution in [-0.4, -0.2) is 7.05 Å². The summed E-state index contributed by atoms with van der Waals surface area (Å²) < 4.78 is 5.34. The summed E-state index contributed by atoms with van der Waals surface area (Å²) in [6.45, 7) is 1.96. The minimum absolute atomic E-state index is 0.183. The van der Waals surface area contributed by atoms with Crippen molar-refractivity contribution in [3.05, 3.63) is 57.5 Å². The summed E-state index contributed by atoms with van der Waals surface area (Å²) in [4.78, 5) is 0. The SMILES string of the molecule is CNC(Cc1ccc(Cl)cc1Cl)c1ccoc1C. The maximum absolute atomic E-state index is 6.20. The summed E-state index contributed by atoms with van der Waals surface area (Å²) in [5, 5.41) is 4.64. The van der Waals surface area contributed by atoms with Gasteiger partial charge in [-0.3, -0.25) is 0 Å². The van der Waals surface area contributed by atoms with Gasteiger partial charge in [-0.05, 0) is 44.2 Å². The average molecular weight is 284 g/mol. The molecule has 2 aromatic rings.